The highest BCUT2D eigenvalue weighted by Gasteiger charge is 2.26. The van der Waals surface area contributed by atoms with E-state index in [9.17, 15) is 0 Å². The standard InChI is InChI=1S/C58H39N5/c1-38-32-33-46(40-20-7-3-8-21-40)53(36-38)62-51-30-15-13-28-47(51)49-34-35-50-48-29-14-16-31-52(48)63(55(50)54(49)62)58-60-56(41-22-9-4-10-23-41)59-57(61-58)43-25-17-24-42(37-43)45-27-12-11-26-44(45)39-18-5-2-6-19-39/h2-35,37H,1,36H2. The van der Waals surface area contributed by atoms with Crippen LogP contribution in [0.4, 0.5) is 0 Å². The lowest BCUT2D eigenvalue weighted by molar-refractivity contribution is 0.953. The lowest BCUT2D eigenvalue weighted by Gasteiger charge is -2.21. The molecule has 0 bridgehead atoms. The SMILES string of the molecule is C=C1C=CC(c2ccccc2)=C(n2c3ccccc3c3ccc4c5ccccc5n(-c5nc(-c6ccccc6)nc(-c6cccc(-c7ccccc7-c7ccccc7)c6)n5)c4c32)C1. The van der Waals surface area contributed by atoms with Crippen LogP contribution >= 0.6 is 0 Å². The largest absolute Gasteiger partial charge is 0.310 e. The van der Waals surface area contributed by atoms with Crippen molar-refractivity contribution in [1.82, 2.24) is 24.1 Å². The van der Waals surface area contributed by atoms with Gasteiger partial charge in [0.05, 0.1) is 22.1 Å². The summed E-state index contributed by atoms with van der Waals surface area (Å²) in [5.74, 6) is 1.75. The minimum atomic E-state index is 0.551. The average molecular weight is 806 g/mol. The van der Waals surface area contributed by atoms with E-state index in [1.165, 1.54) is 27.8 Å². The Morgan fingerprint density at radius 3 is 1.54 bits per heavy atom. The van der Waals surface area contributed by atoms with Crippen LogP contribution < -0.4 is 0 Å². The molecule has 0 aliphatic heterocycles. The Morgan fingerprint density at radius 1 is 0.381 bits per heavy atom. The third-order valence-corrected chi connectivity index (χ3v) is 12.3. The summed E-state index contributed by atoms with van der Waals surface area (Å²) in [4.78, 5) is 16.1. The molecule has 0 fully saturated rings. The van der Waals surface area contributed by atoms with Gasteiger partial charge in [-0.25, -0.2) is 4.98 Å². The molecule has 5 heteroatoms. The summed E-state index contributed by atoms with van der Waals surface area (Å²) >= 11 is 0. The van der Waals surface area contributed by atoms with Crippen LogP contribution in [0.25, 0.3) is 106 Å². The van der Waals surface area contributed by atoms with Crippen molar-refractivity contribution in [2.24, 2.45) is 0 Å². The van der Waals surface area contributed by atoms with E-state index in [1.807, 2.05) is 18.2 Å². The summed E-state index contributed by atoms with van der Waals surface area (Å²) in [7, 11) is 0. The molecule has 0 radical (unpaired) electrons. The van der Waals surface area contributed by atoms with E-state index in [0.717, 1.165) is 71.6 Å². The van der Waals surface area contributed by atoms with Gasteiger partial charge in [-0.05, 0) is 51.6 Å². The smallest absolute Gasteiger partial charge is 0.238 e. The van der Waals surface area contributed by atoms with Gasteiger partial charge in [0.15, 0.2) is 11.6 Å². The van der Waals surface area contributed by atoms with Gasteiger partial charge in [0.2, 0.25) is 5.95 Å². The summed E-state index contributed by atoms with van der Waals surface area (Å²) < 4.78 is 4.75. The summed E-state index contributed by atoms with van der Waals surface area (Å²) in [6.07, 6.45) is 5.07. The Balaban J connectivity index is 1.16. The van der Waals surface area contributed by atoms with E-state index in [0.29, 0.717) is 24.0 Å². The Kier molecular flexibility index (Phi) is 8.64. The number of hydrogen-bond donors (Lipinski definition) is 0. The topological polar surface area (TPSA) is 48.5 Å². The van der Waals surface area contributed by atoms with Crippen LogP contribution in [0.3, 0.4) is 0 Å². The highest BCUT2D eigenvalue weighted by Crippen LogP contribution is 2.45. The maximum Gasteiger partial charge on any atom is 0.238 e. The molecule has 0 saturated heterocycles. The van der Waals surface area contributed by atoms with Crippen LogP contribution in [0.1, 0.15) is 12.0 Å². The quantitative estimate of drug-likeness (QED) is 0.161. The summed E-state index contributed by atoms with van der Waals surface area (Å²) in [6, 6.07) is 70.5. The number of allylic oxidation sites excluding steroid dienone is 5. The molecule has 0 unspecified atom stereocenters. The Bertz CT molecular complexity index is 3650. The molecule has 63 heavy (non-hydrogen) atoms. The molecule has 0 N–H and O–H groups in total. The number of rotatable bonds is 7. The molecule has 0 atom stereocenters. The van der Waals surface area contributed by atoms with Crippen molar-refractivity contribution in [3.63, 3.8) is 0 Å². The number of fused-ring (bicyclic) bond motifs is 7. The third kappa shape index (κ3) is 6.13. The van der Waals surface area contributed by atoms with Crippen LogP contribution in [0, 0.1) is 0 Å². The number of para-hydroxylation sites is 2. The first-order valence-corrected chi connectivity index (χ1v) is 21.4. The first-order chi connectivity index (χ1) is 31.2. The molecule has 3 heterocycles. The first kappa shape index (κ1) is 36.4. The van der Waals surface area contributed by atoms with Crippen LogP contribution in [-0.2, 0) is 0 Å². The van der Waals surface area contributed by atoms with Crippen LogP contribution in [-0.4, -0.2) is 24.1 Å². The molecule has 0 amide bonds. The summed E-state index contributed by atoms with van der Waals surface area (Å²) in [5, 5.41) is 4.58. The van der Waals surface area contributed by atoms with Crippen molar-refractivity contribution in [2.75, 3.05) is 0 Å². The minimum Gasteiger partial charge on any atom is -0.310 e. The molecule has 0 saturated carbocycles. The van der Waals surface area contributed by atoms with Gasteiger partial charge in [0.25, 0.3) is 0 Å². The van der Waals surface area contributed by atoms with Crippen LogP contribution in [0.2, 0.25) is 0 Å². The first-order valence-electron chi connectivity index (χ1n) is 21.4. The van der Waals surface area contributed by atoms with E-state index in [2.05, 4.69) is 210 Å². The molecule has 8 aromatic carbocycles. The second-order valence-corrected chi connectivity index (χ2v) is 16.1. The Morgan fingerprint density at radius 2 is 0.873 bits per heavy atom. The van der Waals surface area contributed by atoms with E-state index in [4.69, 9.17) is 15.0 Å². The van der Waals surface area contributed by atoms with Gasteiger partial charge in [0.1, 0.15) is 0 Å². The molecular weight excluding hydrogens is 767 g/mol. The molecule has 296 valence electrons. The third-order valence-electron chi connectivity index (χ3n) is 12.3. The molecule has 11 aromatic rings. The van der Waals surface area contributed by atoms with Crippen molar-refractivity contribution in [3.8, 4) is 51.0 Å². The van der Waals surface area contributed by atoms with Gasteiger partial charge in [-0.2, -0.15) is 9.97 Å². The van der Waals surface area contributed by atoms with E-state index < -0.39 is 0 Å². The second-order valence-electron chi connectivity index (χ2n) is 16.1. The summed E-state index contributed by atoms with van der Waals surface area (Å²) in [5.41, 5.74) is 15.3. The Hall–Kier alpha value is -8.41. The average Bonchev–Trinajstić information content (AvgIpc) is 3.88. The normalized spacial score (nSPS) is 12.9. The maximum atomic E-state index is 5.46. The Labute approximate surface area is 364 Å². The predicted octanol–water partition coefficient (Wildman–Crippen LogP) is 14.6. The lowest BCUT2D eigenvalue weighted by atomic mass is 9.94. The molecule has 12 rings (SSSR count). The zero-order valence-electron chi connectivity index (χ0n) is 34.4. The lowest BCUT2D eigenvalue weighted by Crippen LogP contribution is -2.08. The fraction of sp³-hybridized carbons (Fsp3) is 0.0172. The molecule has 1 aliphatic rings. The van der Waals surface area contributed by atoms with Crippen LogP contribution in [0.5, 0.6) is 0 Å². The predicted molar refractivity (Wildman–Crippen MR) is 261 cm³/mol. The van der Waals surface area contributed by atoms with Crippen molar-refractivity contribution in [2.45, 2.75) is 6.42 Å². The molecule has 0 spiro atoms. The van der Waals surface area contributed by atoms with Gasteiger partial charge in [-0.1, -0.05) is 201 Å². The molecule has 5 nitrogen and oxygen atoms in total. The van der Waals surface area contributed by atoms with Gasteiger partial charge in [-0.15, -0.1) is 0 Å². The highest BCUT2D eigenvalue weighted by atomic mass is 15.2. The monoisotopic (exact) mass is 805 g/mol. The van der Waals surface area contributed by atoms with Gasteiger partial charge >= 0.3 is 0 Å². The molecule has 1 aliphatic carbocycles. The van der Waals surface area contributed by atoms with E-state index in [1.54, 1.807) is 0 Å². The van der Waals surface area contributed by atoms with Gasteiger partial charge in [-0.3, -0.25) is 4.57 Å². The second kappa shape index (κ2) is 14.9. The van der Waals surface area contributed by atoms with Crippen LogP contribution in [0.15, 0.2) is 224 Å². The zero-order chi connectivity index (χ0) is 41.9. The highest BCUT2D eigenvalue weighted by molar-refractivity contribution is 6.24. The fourth-order valence-electron chi connectivity index (χ4n) is 9.48. The zero-order valence-corrected chi connectivity index (χ0v) is 34.4. The molecular formula is C58H39N5. The van der Waals surface area contributed by atoms with Gasteiger partial charge < -0.3 is 4.57 Å². The number of nitrogens with zero attached hydrogens (tertiary/aromatic N) is 5. The molecule has 3 aromatic heterocycles. The van der Waals surface area contributed by atoms with Crippen molar-refractivity contribution in [3.05, 3.63) is 230 Å². The summed E-state index contributed by atoms with van der Waals surface area (Å²) in [6.45, 7) is 4.48. The van der Waals surface area contributed by atoms with E-state index >= 15 is 0 Å². The number of aromatic nitrogens is 5. The van der Waals surface area contributed by atoms with Crippen molar-refractivity contribution < 1.29 is 0 Å². The fourth-order valence-corrected chi connectivity index (χ4v) is 9.48. The van der Waals surface area contributed by atoms with Crippen molar-refractivity contribution >= 4 is 54.9 Å². The number of hydrogen-bond acceptors (Lipinski definition) is 3. The van der Waals surface area contributed by atoms with Crippen molar-refractivity contribution in [1.29, 1.82) is 0 Å². The maximum absolute atomic E-state index is 5.46. The van der Waals surface area contributed by atoms with E-state index in [-0.39, 0.29) is 0 Å². The van der Waals surface area contributed by atoms with Gasteiger partial charge in [0, 0.05) is 50.4 Å². The minimum absolute atomic E-state index is 0.551. The number of benzene rings is 8.